The number of amides is 1. The lowest BCUT2D eigenvalue weighted by Crippen LogP contribution is -2.35. The minimum atomic E-state index is -0.934. The maximum Gasteiger partial charge on any atom is 0.410 e. The molecule has 22 heavy (non-hydrogen) atoms. The Balaban J connectivity index is 2.22. The van der Waals surface area contributed by atoms with E-state index in [9.17, 15) is 14.7 Å². The van der Waals surface area contributed by atoms with Crippen LogP contribution in [0.25, 0.3) is 0 Å². The summed E-state index contributed by atoms with van der Waals surface area (Å²) in [6.07, 6.45) is -0.492. The van der Waals surface area contributed by atoms with Gasteiger partial charge in [-0.2, -0.15) is 0 Å². The van der Waals surface area contributed by atoms with Gasteiger partial charge in [-0.25, -0.2) is 4.79 Å². The molecule has 5 nitrogen and oxygen atoms in total. The second kappa shape index (κ2) is 6.16. The fourth-order valence-corrected chi connectivity index (χ4v) is 2.90. The number of likely N-dealkylation sites (tertiary alicyclic amines) is 1. The first-order valence-electron chi connectivity index (χ1n) is 7.14. The van der Waals surface area contributed by atoms with E-state index in [1.807, 2.05) is 12.1 Å². The number of aliphatic carboxylic acids is 1. The van der Waals surface area contributed by atoms with Crippen molar-refractivity contribution in [2.45, 2.75) is 32.3 Å². The van der Waals surface area contributed by atoms with Crippen LogP contribution < -0.4 is 0 Å². The molecule has 2 rings (SSSR count). The first kappa shape index (κ1) is 16.6. The van der Waals surface area contributed by atoms with E-state index in [1.165, 1.54) is 4.90 Å². The third-order valence-electron chi connectivity index (χ3n) is 3.59. The predicted octanol–water partition coefficient (Wildman–Crippen LogP) is 3.38. The largest absolute Gasteiger partial charge is 0.481 e. The molecule has 1 aromatic rings. The van der Waals surface area contributed by atoms with Gasteiger partial charge in [0.1, 0.15) is 5.60 Å². The molecule has 1 aliphatic heterocycles. The number of ether oxygens (including phenoxy) is 1. The maximum absolute atomic E-state index is 12.2. The molecule has 1 saturated heterocycles. The fourth-order valence-electron chi connectivity index (χ4n) is 2.62. The van der Waals surface area contributed by atoms with Crippen LogP contribution in [0.15, 0.2) is 24.3 Å². The number of rotatable bonds is 2. The van der Waals surface area contributed by atoms with Crippen LogP contribution in [-0.2, 0) is 9.53 Å². The van der Waals surface area contributed by atoms with Crippen LogP contribution in [0.3, 0.4) is 0 Å². The zero-order chi connectivity index (χ0) is 16.5. The molecule has 1 aromatic carbocycles. The molecular formula is C16H20ClNO4. The number of hydrogen-bond donors (Lipinski definition) is 1. The minimum Gasteiger partial charge on any atom is -0.481 e. The Morgan fingerprint density at radius 2 is 1.91 bits per heavy atom. The predicted molar refractivity (Wildman–Crippen MR) is 83.1 cm³/mol. The number of carboxylic acids is 1. The normalized spacial score (nSPS) is 21.7. The monoisotopic (exact) mass is 325 g/mol. The van der Waals surface area contributed by atoms with E-state index in [2.05, 4.69) is 0 Å². The summed E-state index contributed by atoms with van der Waals surface area (Å²) in [5.74, 6) is -1.96. The van der Waals surface area contributed by atoms with E-state index >= 15 is 0 Å². The lowest BCUT2D eigenvalue weighted by atomic mass is 9.89. The third kappa shape index (κ3) is 3.71. The molecule has 0 radical (unpaired) electrons. The number of benzene rings is 1. The van der Waals surface area contributed by atoms with E-state index in [0.29, 0.717) is 5.02 Å². The van der Waals surface area contributed by atoms with E-state index in [4.69, 9.17) is 16.3 Å². The molecule has 0 aliphatic carbocycles. The summed E-state index contributed by atoms with van der Waals surface area (Å²) in [4.78, 5) is 25.1. The molecule has 1 heterocycles. The van der Waals surface area contributed by atoms with E-state index < -0.39 is 23.6 Å². The van der Waals surface area contributed by atoms with Gasteiger partial charge in [0.25, 0.3) is 0 Å². The summed E-state index contributed by atoms with van der Waals surface area (Å²) < 4.78 is 5.33. The number of halogens is 1. The van der Waals surface area contributed by atoms with Gasteiger partial charge in [0.15, 0.2) is 0 Å². The topological polar surface area (TPSA) is 66.8 Å². The smallest absolute Gasteiger partial charge is 0.410 e. The molecule has 6 heteroatoms. The van der Waals surface area contributed by atoms with Crippen molar-refractivity contribution >= 4 is 23.7 Å². The molecule has 0 saturated carbocycles. The molecule has 0 aromatic heterocycles. The van der Waals surface area contributed by atoms with Crippen molar-refractivity contribution in [3.8, 4) is 0 Å². The summed E-state index contributed by atoms with van der Waals surface area (Å²) in [7, 11) is 0. The van der Waals surface area contributed by atoms with Crippen LogP contribution in [-0.4, -0.2) is 40.8 Å². The van der Waals surface area contributed by atoms with Crippen molar-refractivity contribution < 1.29 is 19.4 Å². The molecular weight excluding hydrogens is 306 g/mol. The Morgan fingerprint density at radius 3 is 2.45 bits per heavy atom. The van der Waals surface area contributed by atoms with E-state index in [-0.39, 0.29) is 19.0 Å². The lowest BCUT2D eigenvalue weighted by molar-refractivity contribution is -0.141. The van der Waals surface area contributed by atoms with E-state index in [0.717, 1.165) is 5.56 Å². The van der Waals surface area contributed by atoms with Crippen molar-refractivity contribution in [1.82, 2.24) is 4.90 Å². The standard InChI is InChI=1S/C16H20ClNO4/c1-16(2,3)22-15(21)18-8-11(12(9-18)14(19)20)10-6-4-5-7-13(10)17/h4-7,11-12H,8-9H2,1-3H3,(H,19,20)/t11-,12-/m1/s1. The van der Waals surface area contributed by atoms with Gasteiger partial charge in [-0.1, -0.05) is 29.8 Å². The second-order valence-electron chi connectivity index (χ2n) is 6.46. The van der Waals surface area contributed by atoms with Crippen molar-refractivity contribution in [2.75, 3.05) is 13.1 Å². The molecule has 1 fully saturated rings. The molecule has 0 spiro atoms. The highest BCUT2D eigenvalue weighted by Crippen LogP contribution is 2.36. The van der Waals surface area contributed by atoms with E-state index in [1.54, 1.807) is 32.9 Å². The van der Waals surface area contributed by atoms with Gasteiger partial charge < -0.3 is 14.7 Å². The molecule has 1 amide bonds. The highest BCUT2D eigenvalue weighted by Gasteiger charge is 2.42. The van der Waals surface area contributed by atoms with Crippen LogP contribution in [0, 0.1) is 5.92 Å². The van der Waals surface area contributed by atoms with Crippen LogP contribution in [0.5, 0.6) is 0 Å². The van der Waals surface area contributed by atoms with Gasteiger partial charge in [-0.15, -0.1) is 0 Å². The summed E-state index contributed by atoms with van der Waals surface area (Å²) in [5, 5.41) is 9.96. The van der Waals surface area contributed by atoms with Gasteiger partial charge in [-0.3, -0.25) is 4.79 Å². The number of hydrogen-bond acceptors (Lipinski definition) is 3. The molecule has 0 unspecified atom stereocenters. The Bertz CT molecular complexity index is 582. The zero-order valence-electron chi connectivity index (χ0n) is 12.9. The first-order valence-corrected chi connectivity index (χ1v) is 7.52. The molecule has 2 atom stereocenters. The quantitative estimate of drug-likeness (QED) is 0.905. The highest BCUT2D eigenvalue weighted by atomic mass is 35.5. The van der Waals surface area contributed by atoms with Gasteiger partial charge in [0, 0.05) is 24.0 Å². The van der Waals surface area contributed by atoms with Gasteiger partial charge in [0.05, 0.1) is 5.92 Å². The minimum absolute atomic E-state index is 0.125. The third-order valence-corrected chi connectivity index (χ3v) is 3.94. The van der Waals surface area contributed by atoms with Crippen LogP contribution >= 0.6 is 11.6 Å². The SMILES string of the molecule is CC(C)(C)OC(=O)N1C[C@H](c2ccccc2Cl)[C@H](C(=O)O)C1. The number of carbonyl (C=O) groups is 2. The maximum atomic E-state index is 12.2. The Hall–Kier alpha value is -1.75. The number of carbonyl (C=O) groups excluding carboxylic acids is 1. The summed E-state index contributed by atoms with van der Waals surface area (Å²) in [6, 6.07) is 7.14. The summed E-state index contributed by atoms with van der Waals surface area (Å²) in [6.45, 7) is 5.75. The Labute approximate surface area is 134 Å². The van der Waals surface area contributed by atoms with Gasteiger partial charge in [-0.05, 0) is 32.4 Å². The van der Waals surface area contributed by atoms with Crippen molar-refractivity contribution in [1.29, 1.82) is 0 Å². The highest BCUT2D eigenvalue weighted by molar-refractivity contribution is 6.31. The first-order chi connectivity index (χ1) is 10.2. The Kier molecular flexibility index (Phi) is 4.66. The van der Waals surface area contributed by atoms with Crippen LogP contribution in [0.1, 0.15) is 32.3 Å². The zero-order valence-corrected chi connectivity index (χ0v) is 13.6. The lowest BCUT2D eigenvalue weighted by Gasteiger charge is -2.24. The van der Waals surface area contributed by atoms with Crippen molar-refractivity contribution in [3.63, 3.8) is 0 Å². The van der Waals surface area contributed by atoms with Crippen LogP contribution in [0.4, 0.5) is 4.79 Å². The van der Waals surface area contributed by atoms with Crippen molar-refractivity contribution in [3.05, 3.63) is 34.9 Å². The molecule has 1 N–H and O–H groups in total. The fraction of sp³-hybridized carbons (Fsp3) is 0.500. The summed E-state index contributed by atoms with van der Waals surface area (Å²) in [5.41, 5.74) is 0.140. The number of carboxylic acid groups (broad SMARTS) is 1. The second-order valence-corrected chi connectivity index (χ2v) is 6.87. The molecule has 1 aliphatic rings. The van der Waals surface area contributed by atoms with Gasteiger partial charge >= 0.3 is 12.1 Å². The summed E-state index contributed by atoms with van der Waals surface area (Å²) >= 11 is 6.18. The van der Waals surface area contributed by atoms with Crippen molar-refractivity contribution in [2.24, 2.45) is 5.92 Å². The Morgan fingerprint density at radius 1 is 1.27 bits per heavy atom. The number of nitrogens with zero attached hydrogens (tertiary/aromatic N) is 1. The average molecular weight is 326 g/mol. The molecule has 0 bridgehead atoms. The molecule has 120 valence electrons. The van der Waals surface area contributed by atoms with Crippen LogP contribution in [0.2, 0.25) is 5.02 Å². The average Bonchev–Trinajstić information content (AvgIpc) is 2.82. The van der Waals surface area contributed by atoms with Gasteiger partial charge in [0.2, 0.25) is 0 Å².